The van der Waals surface area contributed by atoms with Gasteiger partial charge in [-0.2, -0.15) is 0 Å². The van der Waals surface area contributed by atoms with E-state index in [0.29, 0.717) is 13.0 Å². The van der Waals surface area contributed by atoms with Crippen molar-refractivity contribution >= 4 is 5.91 Å². The fraction of sp³-hybridized carbons (Fsp3) is 0.417. The molecule has 0 spiro atoms. The Morgan fingerprint density at radius 1 is 1.47 bits per heavy atom. The molecule has 1 heterocycles. The van der Waals surface area contributed by atoms with Gasteiger partial charge in [-0.3, -0.25) is 4.79 Å². The van der Waals surface area contributed by atoms with Crippen molar-refractivity contribution in [1.82, 2.24) is 10.6 Å². The van der Waals surface area contributed by atoms with E-state index in [1.165, 1.54) is 6.07 Å². The number of hydrogen-bond acceptors (Lipinski definition) is 2. The number of halogens is 2. The van der Waals surface area contributed by atoms with Crippen LogP contribution in [-0.2, 0) is 4.79 Å². The minimum Gasteiger partial charge on any atom is -0.354 e. The number of rotatable bonds is 3. The maximum Gasteiger partial charge on any atom is 0.221 e. The van der Waals surface area contributed by atoms with Gasteiger partial charge in [-0.05, 0) is 25.1 Å². The first-order chi connectivity index (χ1) is 8.06. The van der Waals surface area contributed by atoms with Crippen LogP contribution in [0.3, 0.4) is 0 Å². The molecule has 2 unspecified atom stereocenters. The van der Waals surface area contributed by atoms with Crippen LogP contribution < -0.4 is 10.6 Å². The van der Waals surface area contributed by atoms with Crippen LogP contribution in [0.1, 0.15) is 24.9 Å². The van der Waals surface area contributed by atoms with Crippen molar-refractivity contribution in [2.24, 2.45) is 0 Å². The topological polar surface area (TPSA) is 41.1 Å². The van der Waals surface area contributed by atoms with Crippen LogP contribution in [-0.4, -0.2) is 18.5 Å². The summed E-state index contributed by atoms with van der Waals surface area (Å²) in [6, 6.07) is 3.02. The summed E-state index contributed by atoms with van der Waals surface area (Å²) in [7, 11) is 0. The zero-order valence-corrected chi connectivity index (χ0v) is 9.47. The normalized spacial score (nSPS) is 21.4. The molecule has 0 aliphatic carbocycles. The van der Waals surface area contributed by atoms with Gasteiger partial charge in [-0.25, -0.2) is 8.78 Å². The number of carbonyl (C=O) groups is 1. The Morgan fingerprint density at radius 2 is 2.24 bits per heavy atom. The van der Waals surface area contributed by atoms with Gasteiger partial charge in [0.15, 0.2) is 0 Å². The molecule has 0 bridgehead atoms. The smallest absolute Gasteiger partial charge is 0.221 e. The van der Waals surface area contributed by atoms with Crippen molar-refractivity contribution < 1.29 is 13.6 Å². The largest absolute Gasteiger partial charge is 0.354 e. The summed E-state index contributed by atoms with van der Waals surface area (Å²) in [4.78, 5) is 11.0. The standard InChI is InChI=1S/C12H14F2N2O/c1-7(16-9-5-12(17)15-6-9)10-4-8(13)2-3-11(10)14/h2-4,7,9,16H,5-6H2,1H3,(H,15,17). The van der Waals surface area contributed by atoms with Crippen LogP contribution in [0.4, 0.5) is 8.78 Å². The Labute approximate surface area is 98.2 Å². The average Bonchev–Trinajstić information content (AvgIpc) is 2.67. The third-order valence-corrected chi connectivity index (χ3v) is 2.89. The molecule has 1 aliphatic rings. The zero-order valence-electron chi connectivity index (χ0n) is 9.47. The molecule has 1 fully saturated rings. The van der Waals surface area contributed by atoms with Crippen LogP contribution >= 0.6 is 0 Å². The molecule has 2 atom stereocenters. The SMILES string of the molecule is CC(NC1CNC(=O)C1)c1cc(F)ccc1F. The number of amides is 1. The lowest BCUT2D eigenvalue weighted by atomic mass is 10.1. The lowest BCUT2D eigenvalue weighted by Gasteiger charge is -2.19. The van der Waals surface area contributed by atoms with E-state index in [-0.39, 0.29) is 23.6 Å². The summed E-state index contributed by atoms with van der Waals surface area (Å²) in [5.41, 5.74) is 0.282. The lowest BCUT2D eigenvalue weighted by molar-refractivity contribution is -0.119. The van der Waals surface area contributed by atoms with Crippen molar-refractivity contribution in [3.05, 3.63) is 35.4 Å². The van der Waals surface area contributed by atoms with Crippen molar-refractivity contribution in [1.29, 1.82) is 0 Å². The number of benzene rings is 1. The predicted molar refractivity (Wildman–Crippen MR) is 59.3 cm³/mol. The Hall–Kier alpha value is -1.49. The summed E-state index contributed by atoms with van der Waals surface area (Å²) in [5.74, 6) is -0.922. The molecular formula is C12H14F2N2O. The molecule has 17 heavy (non-hydrogen) atoms. The molecule has 92 valence electrons. The quantitative estimate of drug-likeness (QED) is 0.840. The zero-order chi connectivity index (χ0) is 12.4. The highest BCUT2D eigenvalue weighted by Gasteiger charge is 2.23. The van der Waals surface area contributed by atoms with Gasteiger partial charge in [0.25, 0.3) is 0 Å². The van der Waals surface area contributed by atoms with Gasteiger partial charge in [0.2, 0.25) is 5.91 Å². The van der Waals surface area contributed by atoms with Crippen LogP contribution in [0.5, 0.6) is 0 Å². The Morgan fingerprint density at radius 3 is 2.88 bits per heavy atom. The highest BCUT2D eigenvalue weighted by atomic mass is 19.1. The predicted octanol–water partition coefficient (Wildman–Crippen LogP) is 1.50. The number of carbonyl (C=O) groups excluding carboxylic acids is 1. The van der Waals surface area contributed by atoms with Gasteiger partial charge >= 0.3 is 0 Å². The lowest BCUT2D eigenvalue weighted by Crippen LogP contribution is -2.33. The maximum atomic E-state index is 13.5. The summed E-state index contributed by atoms with van der Waals surface area (Å²) >= 11 is 0. The summed E-state index contributed by atoms with van der Waals surface area (Å²) in [6.07, 6.45) is 0.376. The molecule has 5 heteroatoms. The third kappa shape index (κ3) is 2.79. The van der Waals surface area contributed by atoms with Crippen molar-refractivity contribution in [2.75, 3.05) is 6.54 Å². The van der Waals surface area contributed by atoms with Gasteiger partial charge in [0.05, 0.1) is 0 Å². The van der Waals surface area contributed by atoms with E-state index in [4.69, 9.17) is 0 Å². The molecule has 2 rings (SSSR count). The van der Waals surface area contributed by atoms with E-state index in [1.807, 2.05) is 0 Å². The van der Waals surface area contributed by atoms with Crippen molar-refractivity contribution in [3.8, 4) is 0 Å². The molecule has 3 nitrogen and oxygen atoms in total. The third-order valence-electron chi connectivity index (χ3n) is 2.89. The second kappa shape index (κ2) is 4.79. The van der Waals surface area contributed by atoms with E-state index in [9.17, 15) is 13.6 Å². The van der Waals surface area contributed by atoms with E-state index < -0.39 is 11.6 Å². The van der Waals surface area contributed by atoms with Crippen LogP contribution in [0.2, 0.25) is 0 Å². The Bertz CT molecular complexity index is 437. The second-order valence-electron chi connectivity index (χ2n) is 4.26. The molecule has 2 N–H and O–H groups in total. The van der Waals surface area contributed by atoms with Gasteiger partial charge in [-0.1, -0.05) is 0 Å². The van der Waals surface area contributed by atoms with Crippen molar-refractivity contribution in [3.63, 3.8) is 0 Å². The van der Waals surface area contributed by atoms with E-state index in [2.05, 4.69) is 10.6 Å². The van der Waals surface area contributed by atoms with Crippen LogP contribution in [0.25, 0.3) is 0 Å². The minimum absolute atomic E-state index is 0.0191. The van der Waals surface area contributed by atoms with Gasteiger partial charge < -0.3 is 10.6 Å². The van der Waals surface area contributed by atoms with Crippen LogP contribution in [0, 0.1) is 11.6 Å². The highest BCUT2D eigenvalue weighted by Crippen LogP contribution is 2.19. The fourth-order valence-electron chi connectivity index (χ4n) is 2.01. The average molecular weight is 240 g/mol. The monoisotopic (exact) mass is 240 g/mol. The first-order valence-electron chi connectivity index (χ1n) is 5.54. The molecule has 1 aromatic carbocycles. The molecule has 1 amide bonds. The van der Waals surface area contributed by atoms with Gasteiger partial charge in [0, 0.05) is 30.6 Å². The molecular weight excluding hydrogens is 226 g/mol. The number of hydrogen-bond donors (Lipinski definition) is 2. The van der Waals surface area contributed by atoms with Gasteiger partial charge in [0.1, 0.15) is 11.6 Å². The molecule has 0 radical (unpaired) electrons. The van der Waals surface area contributed by atoms with Gasteiger partial charge in [-0.15, -0.1) is 0 Å². The molecule has 1 aromatic rings. The second-order valence-corrected chi connectivity index (χ2v) is 4.26. The molecule has 0 saturated carbocycles. The molecule has 0 aromatic heterocycles. The first kappa shape index (κ1) is 12.0. The minimum atomic E-state index is -0.462. The summed E-state index contributed by atoms with van der Waals surface area (Å²) in [6.45, 7) is 2.28. The maximum absolute atomic E-state index is 13.5. The molecule has 1 aliphatic heterocycles. The first-order valence-corrected chi connectivity index (χ1v) is 5.54. The Balaban J connectivity index is 2.06. The highest BCUT2D eigenvalue weighted by molar-refractivity contribution is 5.78. The van der Waals surface area contributed by atoms with E-state index >= 15 is 0 Å². The van der Waals surface area contributed by atoms with E-state index in [1.54, 1.807) is 6.92 Å². The van der Waals surface area contributed by atoms with Crippen LogP contribution in [0.15, 0.2) is 18.2 Å². The molecule has 1 saturated heterocycles. The Kier molecular flexibility index (Phi) is 3.38. The number of nitrogens with one attached hydrogen (secondary N) is 2. The fourth-order valence-corrected chi connectivity index (χ4v) is 2.01. The van der Waals surface area contributed by atoms with E-state index in [0.717, 1.165) is 12.1 Å². The summed E-state index contributed by atoms with van der Waals surface area (Å²) < 4.78 is 26.5. The van der Waals surface area contributed by atoms with Crippen molar-refractivity contribution in [2.45, 2.75) is 25.4 Å². The summed E-state index contributed by atoms with van der Waals surface area (Å²) in [5, 5.41) is 5.79.